The lowest BCUT2D eigenvalue weighted by Gasteiger charge is -2.20. The number of hydrogen-bond acceptors (Lipinski definition) is 2. The van der Waals surface area contributed by atoms with Gasteiger partial charge in [0.15, 0.2) is 0 Å². The van der Waals surface area contributed by atoms with Crippen molar-refractivity contribution in [2.24, 2.45) is 0 Å². The lowest BCUT2D eigenvalue weighted by molar-refractivity contribution is 0.143. The van der Waals surface area contributed by atoms with Gasteiger partial charge in [0, 0.05) is 18.8 Å². The van der Waals surface area contributed by atoms with E-state index in [-0.39, 0.29) is 5.54 Å². The summed E-state index contributed by atoms with van der Waals surface area (Å²) in [6.45, 7) is 11.5. The quantitative estimate of drug-likeness (QED) is 0.619. The molecule has 0 aliphatic carbocycles. The molecule has 0 radical (unpaired) electrons. The highest BCUT2D eigenvalue weighted by molar-refractivity contribution is 4.69. The fourth-order valence-corrected chi connectivity index (χ4v) is 1.11. The molecule has 2 nitrogen and oxygen atoms in total. The Labute approximate surface area is 83.1 Å². The fraction of sp³-hybridized carbons (Fsp3) is 1.00. The Balaban J connectivity index is 3.00. The largest absolute Gasteiger partial charge is 0.382 e. The third-order valence-electron chi connectivity index (χ3n) is 1.82. The molecule has 0 heterocycles. The minimum Gasteiger partial charge on any atom is -0.382 e. The molecule has 0 aromatic rings. The molecule has 0 rings (SSSR count). The summed E-state index contributed by atoms with van der Waals surface area (Å²) < 4.78 is 5.26. The maximum absolute atomic E-state index is 5.26. The molecule has 0 atom stereocenters. The van der Waals surface area contributed by atoms with Gasteiger partial charge in [-0.25, -0.2) is 0 Å². The predicted molar refractivity (Wildman–Crippen MR) is 58.1 cm³/mol. The van der Waals surface area contributed by atoms with Gasteiger partial charge < -0.3 is 10.1 Å². The Morgan fingerprint density at radius 1 is 1.08 bits per heavy atom. The second kappa shape index (κ2) is 7.34. The fourth-order valence-electron chi connectivity index (χ4n) is 1.11. The van der Waals surface area contributed by atoms with E-state index < -0.39 is 0 Å². The summed E-state index contributed by atoms with van der Waals surface area (Å²) in [7, 11) is 0. The molecule has 0 bridgehead atoms. The van der Waals surface area contributed by atoms with Gasteiger partial charge in [-0.3, -0.25) is 0 Å². The minimum atomic E-state index is 0.264. The van der Waals surface area contributed by atoms with Gasteiger partial charge in [-0.15, -0.1) is 0 Å². The van der Waals surface area contributed by atoms with Crippen molar-refractivity contribution in [3.8, 4) is 0 Å². The van der Waals surface area contributed by atoms with Crippen molar-refractivity contribution in [3.05, 3.63) is 0 Å². The first-order chi connectivity index (χ1) is 6.06. The monoisotopic (exact) mass is 187 g/mol. The van der Waals surface area contributed by atoms with Crippen LogP contribution in [0.25, 0.3) is 0 Å². The summed E-state index contributed by atoms with van der Waals surface area (Å²) in [5, 5.41) is 3.47. The van der Waals surface area contributed by atoms with Crippen LogP contribution < -0.4 is 5.32 Å². The van der Waals surface area contributed by atoms with E-state index in [1.54, 1.807) is 0 Å². The maximum atomic E-state index is 5.26. The van der Waals surface area contributed by atoms with Crippen molar-refractivity contribution in [2.75, 3.05) is 19.8 Å². The molecule has 0 saturated carbocycles. The lowest BCUT2D eigenvalue weighted by Crippen LogP contribution is -2.36. The molecule has 0 spiro atoms. The van der Waals surface area contributed by atoms with Crippen molar-refractivity contribution >= 4 is 0 Å². The molecule has 80 valence electrons. The van der Waals surface area contributed by atoms with Crippen LogP contribution in [0.3, 0.4) is 0 Å². The summed E-state index contributed by atoms with van der Waals surface area (Å²) >= 11 is 0. The van der Waals surface area contributed by atoms with E-state index in [0.29, 0.717) is 0 Å². The zero-order chi connectivity index (χ0) is 10.2. The molecule has 0 fully saturated rings. The van der Waals surface area contributed by atoms with E-state index in [9.17, 15) is 0 Å². The predicted octanol–water partition coefficient (Wildman–Crippen LogP) is 2.58. The maximum Gasteiger partial charge on any atom is 0.0465 e. The molecule has 0 aliphatic rings. The summed E-state index contributed by atoms with van der Waals surface area (Å²) in [5.41, 5.74) is 0.264. The Hall–Kier alpha value is -0.0800. The lowest BCUT2D eigenvalue weighted by atomic mass is 10.1. The van der Waals surface area contributed by atoms with Crippen LogP contribution in [0.1, 0.15) is 47.0 Å². The van der Waals surface area contributed by atoms with Crippen LogP contribution in [0.4, 0.5) is 0 Å². The van der Waals surface area contributed by atoms with Crippen LogP contribution in [-0.2, 0) is 4.74 Å². The van der Waals surface area contributed by atoms with Crippen LogP contribution in [-0.4, -0.2) is 25.3 Å². The number of ether oxygens (including phenoxy) is 1. The molecule has 2 heteroatoms. The number of unbranched alkanes of at least 4 members (excludes halogenated alkanes) is 2. The van der Waals surface area contributed by atoms with Gasteiger partial charge in [0.25, 0.3) is 0 Å². The van der Waals surface area contributed by atoms with Crippen LogP contribution in [0.15, 0.2) is 0 Å². The Bertz CT molecular complexity index is 107. The van der Waals surface area contributed by atoms with Crippen LogP contribution >= 0.6 is 0 Å². The zero-order valence-electron chi connectivity index (χ0n) is 9.65. The second-order valence-electron chi connectivity index (χ2n) is 4.43. The van der Waals surface area contributed by atoms with Crippen molar-refractivity contribution < 1.29 is 4.74 Å². The van der Waals surface area contributed by atoms with E-state index in [0.717, 1.165) is 19.8 Å². The highest BCUT2D eigenvalue weighted by atomic mass is 16.5. The van der Waals surface area contributed by atoms with Crippen LogP contribution in [0.5, 0.6) is 0 Å². The van der Waals surface area contributed by atoms with Gasteiger partial charge >= 0.3 is 0 Å². The molecular formula is C11H25NO. The normalized spacial score (nSPS) is 12.0. The Morgan fingerprint density at radius 2 is 1.77 bits per heavy atom. The number of hydrogen-bond donors (Lipinski definition) is 1. The summed E-state index contributed by atoms with van der Waals surface area (Å²) in [5.74, 6) is 0. The highest BCUT2D eigenvalue weighted by Gasteiger charge is 2.06. The van der Waals surface area contributed by atoms with Gasteiger partial charge in [0.2, 0.25) is 0 Å². The zero-order valence-corrected chi connectivity index (χ0v) is 9.65. The third-order valence-corrected chi connectivity index (χ3v) is 1.82. The molecule has 0 aromatic carbocycles. The second-order valence-corrected chi connectivity index (χ2v) is 4.43. The first-order valence-electron chi connectivity index (χ1n) is 5.39. The first-order valence-corrected chi connectivity index (χ1v) is 5.39. The van der Waals surface area contributed by atoms with E-state index in [1.165, 1.54) is 19.3 Å². The molecular weight excluding hydrogens is 162 g/mol. The summed E-state index contributed by atoms with van der Waals surface area (Å²) in [4.78, 5) is 0. The first kappa shape index (κ1) is 12.9. The molecule has 0 aromatic heterocycles. The van der Waals surface area contributed by atoms with Gasteiger partial charge in [-0.2, -0.15) is 0 Å². The smallest absolute Gasteiger partial charge is 0.0465 e. The van der Waals surface area contributed by atoms with Gasteiger partial charge in [0.05, 0.1) is 0 Å². The van der Waals surface area contributed by atoms with E-state index in [2.05, 4.69) is 26.1 Å². The SMILES string of the molecule is CCOCCCCCNC(C)(C)C. The van der Waals surface area contributed by atoms with Gasteiger partial charge in [0.1, 0.15) is 0 Å². The van der Waals surface area contributed by atoms with E-state index in [4.69, 9.17) is 4.74 Å². The van der Waals surface area contributed by atoms with E-state index in [1.807, 2.05) is 6.92 Å². The molecule has 0 saturated heterocycles. The van der Waals surface area contributed by atoms with Gasteiger partial charge in [-0.1, -0.05) is 0 Å². The highest BCUT2D eigenvalue weighted by Crippen LogP contribution is 2.00. The average Bonchev–Trinajstić information content (AvgIpc) is 2.01. The average molecular weight is 187 g/mol. The van der Waals surface area contributed by atoms with Crippen molar-refractivity contribution in [3.63, 3.8) is 0 Å². The molecule has 0 aliphatic heterocycles. The van der Waals surface area contributed by atoms with Crippen molar-refractivity contribution in [1.29, 1.82) is 0 Å². The number of rotatable bonds is 7. The van der Waals surface area contributed by atoms with Crippen LogP contribution in [0.2, 0.25) is 0 Å². The number of nitrogens with one attached hydrogen (secondary N) is 1. The van der Waals surface area contributed by atoms with Crippen molar-refractivity contribution in [2.45, 2.75) is 52.5 Å². The molecule has 1 N–H and O–H groups in total. The molecule has 0 amide bonds. The topological polar surface area (TPSA) is 21.3 Å². The Morgan fingerprint density at radius 3 is 2.31 bits per heavy atom. The Kier molecular flexibility index (Phi) is 7.29. The van der Waals surface area contributed by atoms with Crippen molar-refractivity contribution in [1.82, 2.24) is 5.32 Å². The van der Waals surface area contributed by atoms with Gasteiger partial charge in [-0.05, 0) is 53.5 Å². The molecule has 13 heavy (non-hydrogen) atoms. The summed E-state index contributed by atoms with van der Waals surface area (Å²) in [6.07, 6.45) is 3.72. The summed E-state index contributed by atoms with van der Waals surface area (Å²) in [6, 6.07) is 0. The van der Waals surface area contributed by atoms with Crippen LogP contribution in [0, 0.1) is 0 Å². The third kappa shape index (κ3) is 11.9. The standard InChI is InChI=1S/C11H25NO/c1-5-13-10-8-6-7-9-12-11(2,3)4/h12H,5-10H2,1-4H3. The minimum absolute atomic E-state index is 0.264. The van der Waals surface area contributed by atoms with E-state index >= 15 is 0 Å². The molecule has 0 unspecified atom stereocenters.